The molecule has 0 fully saturated rings. The maximum absolute atomic E-state index is 11.6. The van der Waals surface area contributed by atoms with E-state index in [1.165, 1.54) is 10.4 Å². The number of aryl methyl sites for hydroxylation is 1. The van der Waals surface area contributed by atoms with Crippen molar-refractivity contribution >= 4 is 22.2 Å². The van der Waals surface area contributed by atoms with Gasteiger partial charge in [0.1, 0.15) is 0 Å². The summed E-state index contributed by atoms with van der Waals surface area (Å²) in [5.74, 6) is 0.0651. The van der Waals surface area contributed by atoms with Crippen LogP contribution in [0.2, 0.25) is 0 Å². The van der Waals surface area contributed by atoms with Gasteiger partial charge in [-0.15, -0.1) is 11.3 Å². The smallest absolute Gasteiger partial charge is 0.292 e. The molecule has 0 radical (unpaired) electrons. The second-order valence-corrected chi connectivity index (χ2v) is 5.52. The van der Waals surface area contributed by atoms with Gasteiger partial charge < -0.3 is 15.6 Å². The van der Waals surface area contributed by atoms with E-state index in [1.807, 2.05) is 6.92 Å². The highest BCUT2D eigenvalue weighted by Gasteiger charge is 2.26. The first kappa shape index (κ1) is 12.2. The first-order chi connectivity index (χ1) is 9.20. The van der Waals surface area contributed by atoms with E-state index in [1.54, 1.807) is 11.3 Å². The Morgan fingerprint density at radius 2 is 2.37 bits per heavy atom. The molecule has 1 aliphatic carbocycles. The summed E-state index contributed by atoms with van der Waals surface area (Å²) >= 11 is 1.58. The average molecular weight is 278 g/mol. The molecule has 0 saturated carbocycles. The first-order valence-electron chi connectivity index (χ1n) is 6.23. The van der Waals surface area contributed by atoms with Gasteiger partial charge in [-0.2, -0.15) is 4.98 Å². The van der Waals surface area contributed by atoms with Gasteiger partial charge in [0.25, 0.3) is 17.6 Å². The molecule has 0 spiro atoms. The topological polar surface area (TPSA) is 94.0 Å². The molecule has 6 nitrogen and oxygen atoms in total. The Kier molecular flexibility index (Phi) is 2.98. The lowest BCUT2D eigenvalue weighted by Gasteiger charge is -1.96. The number of carbonyl (C=O) groups is 1. The normalized spacial score (nSPS) is 13.5. The van der Waals surface area contributed by atoms with Gasteiger partial charge >= 0.3 is 0 Å². The van der Waals surface area contributed by atoms with Crippen LogP contribution < -0.4 is 11.1 Å². The fourth-order valence-corrected chi connectivity index (χ4v) is 3.47. The molecule has 1 aliphatic rings. The monoisotopic (exact) mass is 278 g/mol. The zero-order chi connectivity index (χ0) is 13.4. The third kappa shape index (κ3) is 1.99. The number of nitrogens with two attached hydrogens (primary N) is 1. The van der Waals surface area contributed by atoms with Crippen LogP contribution in [0.15, 0.2) is 4.52 Å². The van der Waals surface area contributed by atoms with Crippen molar-refractivity contribution in [2.45, 2.75) is 26.2 Å². The van der Waals surface area contributed by atoms with Crippen LogP contribution in [0, 0.1) is 0 Å². The largest absolute Gasteiger partial charge is 0.390 e. The molecule has 0 aromatic carbocycles. The van der Waals surface area contributed by atoms with Crippen LogP contribution in [-0.4, -0.2) is 22.6 Å². The van der Waals surface area contributed by atoms with Crippen molar-refractivity contribution in [3.05, 3.63) is 16.3 Å². The van der Waals surface area contributed by atoms with E-state index in [-0.39, 0.29) is 11.7 Å². The maximum Gasteiger partial charge on any atom is 0.292 e. The van der Waals surface area contributed by atoms with E-state index in [9.17, 15) is 4.79 Å². The molecule has 19 heavy (non-hydrogen) atoms. The number of rotatable bonds is 3. The molecule has 3 rings (SSSR count). The van der Waals surface area contributed by atoms with Gasteiger partial charge in [0.05, 0.1) is 10.6 Å². The highest BCUT2D eigenvalue weighted by atomic mass is 32.1. The maximum atomic E-state index is 11.6. The number of thiophene rings is 1. The van der Waals surface area contributed by atoms with Crippen molar-refractivity contribution in [3.8, 4) is 11.5 Å². The average Bonchev–Trinajstić information content (AvgIpc) is 3.04. The fourth-order valence-electron chi connectivity index (χ4n) is 2.32. The molecular weight excluding hydrogens is 264 g/mol. The SMILES string of the molecule is CCNC(=O)c1noc(-c2c(N)sc3c2CCC3)n1. The molecule has 0 saturated heterocycles. The third-order valence-corrected chi connectivity index (χ3v) is 4.25. The summed E-state index contributed by atoms with van der Waals surface area (Å²) < 4.78 is 5.19. The van der Waals surface area contributed by atoms with Crippen LogP contribution in [0.4, 0.5) is 5.00 Å². The summed E-state index contributed by atoms with van der Waals surface area (Å²) in [5.41, 5.74) is 8.04. The van der Waals surface area contributed by atoms with E-state index in [4.69, 9.17) is 10.3 Å². The van der Waals surface area contributed by atoms with E-state index in [0.29, 0.717) is 17.4 Å². The predicted octanol–water partition coefficient (Wildman–Crippen LogP) is 1.62. The quantitative estimate of drug-likeness (QED) is 0.889. The Morgan fingerprint density at radius 1 is 1.53 bits per heavy atom. The number of aromatic nitrogens is 2. The number of nitrogens with one attached hydrogen (secondary N) is 1. The van der Waals surface area contributed by atoms with E-state index < -0.39 is 0 Å². The van der Waals surface area contributed by atoms with Crippen LogP contribution in [-0.2, 0) is 12.8 Å². The summed E-state index contributed by atoms with van der Waals surface area (Å²) in [6.45, 7) is 2.36. The zero-order valence-electron chi connectivity index (χ0n) is 10.5. The number of nitrogen functional groups attached to an aromatic ring is 1. The minimum atomic E-state index is -0.331. The van der Waals surface area contributed by atoms with Crippen LogP contribution in [0.25, 0.3) is 11.5 Å². The summed E-state index contributed by atoms with van der Waals surface area (Å²) in [4.78, 5) is 17.1. The summed E-state index contributed by atoms with van der Waals surface area (Å²) in [7, 11) is 0. The molecule has 2 heterocycles. The summed E-state index contributed by atoms with van der Waals surface area (Å²) in [6, 6.07) is 0. The Morgan fingerprint density at radius 3 is 3.16 bits per heavy atom. The van der Waals surface area contributed by atoms with Gasteiger partial charge in [-0.05, 0) is 31.7 Å². The highest BCUT2D eigenvalue weighted by molar-refractivity contribution is 7.16. The van der Waals surface area contributed by atoms with Crippen molar-refractivity contribution in [1.29, 1.82) is 0 Å². The second kappa shape index (κ2) is 4.65. The van der Waals surface area contributed by atoms with Crippen LogP contribution in [0.3, 0.4) is 0 Å². The van der Waals surface area contributed by atoms with Gasteiger partial charge in [-0.1, -0.05) is 5.16 Å². The number of amides is 1. The molecule has 0 unspecified atom stereocenters. The Balaban J connectivity index is 1.97. The van der Waals surface area contributed by atoms with Crippen molar-refractivity contribution in [2.24, 2.45) is 0 Å². The number of hydrogen-bond donors (Lipinski definition) is 2. The first-order valence-corrected chi connectivity index (χ1v) is 7.04. The van der Waals surface area contributed by atoms with Crippen molar-refractivity contribution in [2.75, 3.05) is 12.3 Å². The van der Waals surface area contributed by atoms with Gasteiger partial charge in [0.2, 0.25) is 0 Å². The molecule has 0 aliphatic heterocycles. The van der Waals surface area contributed by atoms with Crippen molar-refractivity contribution in [1.82, 2.24) is 15.5 Å². The van der Waals surface area contributed by atoms with Gasteiger partial charge in [0, 0.05) is 11.4 Å². The number of anilines is 1. The van der Waals surface area contributed by atoms with E-state index >= 15 is 0 Å². The van der Waals surface area contributed by atoms with Crippen LogP contribution >= 0.6 is 11.3 Å². The van der Waals surface area contributed by atoms with Crippen molar-refractivity contribution in [3.63, 3.8) is 0 Å². The summed E-state index contributed by atoms with van der Waals surface area (Å²) in [6.07, 6.45) is 3.17. The minimum Gasteiger partial charge on any atom is -0.390 e. The lowest BCUT2D eigenvalue weighted by atomic mass is 10.1. The molecule has 3 N–H and O–H groups in total. The molecule has 7 heteroatoms. The van der Waals surface area contributed by atoms with Gasteiger partial charge in [0.15, 0.2) is 0 Å². The Bertz CT molecular complexity index is 632. The third-order valence-electron chi connectivity index (χ3n) is 3.13. The predicted molar refractivity (Wildman–Crippen MR) is 72.1 cm³/mol. The van der Waals surface area contributed by atoms with Crippen LogP contribution in [0.1, 0.15) is 34.4 Å². The second-order valence-electron chi connectivity index (χ2n) is 4.38. The standard InChI is InChI=1S/C12H14N4O2S/c1-2-14-11(17)10-15-12(18-16-10)8-6-4-3-5-7(6)19-9(8)13/h2-5,13H2,1H3,(H,14,17). The molecule has 2 aromatic heterocycles. The number of carbonyl (C=O) groups excluding carboxylic acids is 1. The van der Waals surface area contributed by atoms with E-state index in [0.717, 1.165) is 24.8 Å². The number of nitrogens with zero attached hydrogens (tertiary/aromatic N) is 2. The Labute approximate surface area is 114 Å². The Hall–Kier alpha value is -1.89. The molecule has 1 amide bonds. The molecule has 100 valence electrons. The lowest BCUT2D eigenvalue weighted by molar-refractivity contribution is 0.0942. The van der Waals surface area contributed by atoms with Gasteiger partial charge in [-0.25, -0.2) is 0 Å². The lowest BCUT2D eigenvalue weighted by Crippen LogP contribution is -2.23. The molecule has 0 bridgehead atoms. The molecule has 0 atom stereocenters. The minimum absolute atomic E-state index is 0.0502. The van der Waals surface area contributed by atoms with E-state index in [2.05, 4.69) is 15.5 Å². The van der Waals surface area contributed by atoms with Gasteiger partial charge in [-0.3, -0.25) is 4.79 Å². The molecular formula is C12H14N4O2S. The van der Waals surface area contributed by atoms with Crippen molar-refractivity contribution < 1.29 is 9.32 Å². The number of hydrogen-bond acceptors (Lipinski definition) is 6. The summed E-state index contributed by atoms with van der Waals surface area (Å²) in [5, 5.41) is 7.03. The number of fused-ring (bicyclic) bond motifs is 1. The zero-order valence-corrected chi connectivity index (χ0v) is 11.3. The fraction of sp³-hybridized carbons (Fsp3) is 0.417. The van der Waals surface area contributed by atoms with Crippen LogP contribution in [0.5, 0.6) is 0 Å². The highest BCUT2D eigenvalue weighted by Crippen LogP contribution is 2.42. The molecule has 2 aromatic rings.